The van der Waals surface area contributed by atoms with Crippen molar-refractivity contribution in [3.8, 4) is 0 Å². The molecule has 24 heavy (non-hydrogen) atoms. The van der Waals surface area contributed by atoms with E-state index in [9.17, 15) is 0 Å². The van der Waals surface area contributed by atoms with Crippen LogP contribution in [0.5, 0.6) is 0 Å². The second-order valence-electron chi connectivity index (χ2n) is 7.23. The molecule has 1 aliphatic carbocycles. The molecule has 1 saturated heterocycles. The lowest BCUT2D eigenvalue weighted by molar-refractivity contribution is -0.0647. The molecule has 2 aliphatic rings. The summed E-state index contributed by atoms with van der Waals surface area (Å²) in [5, 5.41) is 12.3. The number of aryl methyl sites for hydroxylation is 2. The Hall–Kier alpha value is -1.79. The summed E-state index contributed by atoms with van der Waals surface area (Å²) in [6, 6.07) is 7.48. The van der Waals surface area contributed by atoms with Crippen molar-refractivity contribution in [2.75, 3.05) is 13.2 Å². The van der Waals surface area contributed by atoms with Crippen LogP contribution in [0.4, 0.5) is 0 Å². The predicted molar refractivity (Wildman–Crippen MR) is 90.6 cm³/mol. The molecule has 4 rings (SSSR count). The van der Waals surface area contributed by atoms with Gasteiger partial charge in [-0.3, -0.25) is 4.90 Å². The number of morpholine rings is 1. The predicted octanol–water partition coefficient (Wildman–Crippen LogP) is 2.59. The average molecular weight is 327 g/mol. The molecule has 0 bridgehead atoms. The van der Waals surface area contributed by atoms with Crippen molar-refractivity contribution in [3.63, 3.8) is 0 Å². The molecule has 2 heterocycles. The van der Waals surface area contributed by atoms with Crippen LogP contribution in [-0.4, -0.2) is 44.3 Å². The monoisotopic (exact) mass is 327 g/mol. The molecule has 6 heteroatoms. The van der Waals surface area contributed by atoms with E-state index in [-0.39, 0.29) is 6.10 Å². The van der Waals surface area contributed by atoms with E-state index in [0.717, 1.165) is 25.5 Å². The molecule has 2 aromatic rings. The minimum atomic E-state index is 0.117. The van der Waals surface area contributed by atoms with Crippen LogP contribution in [0.15, 0.2) is 18.2 Å². The molecule has 0 N–H and O–H groups in total. The Morgan fingerprint density at radius 3 is 2.88 bits per heavy atom. The summed E-state index contributed by atoms with van der Waals surface area (Å²) in [5.41, 5.74) is 3.87. The second kappa shape index (κ2) is 6.26. The Kier molecular flexibility index (Phi) is 4.10. The first-order valence-corrected chi connectivity index (χ1v) is 8.81. The van der Waals surface area contributed by atoms with Crippen LogP contribution in [0, 0.1) is 13.8 Å². The first-order chi connectivity index (χ1) is 11.6. The van der Waals surface area contributed by atoms with E-state index < -0.39 is 0 Å². The summed E-state index contributed by atoms with van der Waals surface area (Å²) in [7, 11) is 0. The molecule has 1 aromatic heterocycles. The van der Waals surface area contributed by atoms with Crippen molar-refractivity contribution >= 4 is 0 Å². The summed E-state index contributed by atoms with van der Waals surface area (Å²) in [4.78, 5) is 2.44. The molecule has 0 unspecified atom stereocenters. The standard InChI is InChI=1S/C18H25N5O/c1-12-4-5-13(2)16(8-12)17-9-22(14(3)11-24-17)10-18-19-20-21-23(18)15-6-7-15/h4-5,8,14-15,17H,6-7,9-11H2,1-3H3/t14-,17-/m0/s1. The average Bonchev–Trinajstić information content (AvgIpc) is 3.31. The number of rotatable bonds is 4. The molecule has 2 fully saturated rings. The maximum atomic E-state index is 6.15. The SMILES string of the molecule is Cc1ccc(C)c([C@@H]2CN(Cc3nnnn3C3CC3)[C@@H](C)CO2)c1. The molecular weight excluding hydrogens is 302 g/mol. The van der Waals surface area contributed by atoms with Crippen LogP contribution < -0.4 is 0 Å². The highest BCUT2D eigenvalue weighted by Gasteiger charge is 2.32. The number of ether oxygens (including phenoxy) is 1. The maximum absolute atomic E-state index is 6.15. The van der Waals surface area contributed by atoms with Crippen LogP contribution in [0.25, 0.3) is 0 Å². The minimum Gasteiger partial charge on any atom is -0.371 e. The van der Waals surface area contributed by atoms with Gasteiger partial charge in [-0.1, -0.05) is 23.8 Å². The fourth-order valence-electron chi connectivity index (χ4n) is 3.42. The third-order valence-electron chi connectivity index (χ3n) is 5.14. The summed E-state index contributed by atoms with van der Waals surface area (Å²) in [6.45, 7) is 8.91. The Labute approximate surface area is 142 Å². The fraction of sp³-hybridized carbons (Fsp3) is 0.611. The van der Waals surface area contributed by atoms with Crippen molar-refractivity contribution in [3.05, 3.63) is 40.7 Å². The number of hydrogen-bond donors (Lipinski definition) is 0. The van der Waals surface area contributed by atoms with Gasteiger partial charge in [0.25, 0.3) is 0 Å². The molecule has 0 amide bonds. The van der Waals surface area contributed by atoms with E-state index in [1.807, 2.05) is 4.68 Å². The van der Waals surface area contributed by atoms with Gasteiger partial charge in [0.1, 0.15) is 0 Å². The molecular formula is C18H25N5O. The molecule has 6 nitrogen and oxygen atoms in total. The fourth-order valence-corrected chi connectivity index (χ4v) is 3.42. The zero-order valence-corrected chi connectivity index (χ0v) is 14.6. The van der Waals surface area contributed by atoms with Gasteiger partial charge in [0, 0.05) is 12.6 Å². The van der Waals surface area contributed by atoms with Gasteiger partial charge in [0.15, 0.2) is 5.82 Å². The molecule has 0 spiro atoms. The van der Waals surface area contributed by atoms with Gasteiger partial charge >= 0.3 is 0 Å². The summed E-state index contributed by atoms with van der Waals surface area (Å²) in [6.07, 6.45) is 2.51. The topological polar surface area (TPSA) is 56.1 Å². The van der Waals surface area contributed by atoms with Gasteiger partial charge in [-0.15, -0.1) is 5.10 Å². The minimum absolute atomic E-state index is 0.117. The lowest BCUT2D eigenvalue weighted by Crippen LogP contribution is -2.45. The van der Waals surface area contributed by atoms with E-state index in [1.54, 1.807) is 0 Å². The Balaban J connectivity index is 1.52. The third-order valence-corrected chi connectivity index (χ3v) is 5.14. The lowest BCUT2D eigenvalue weighted by Gasteiger charge is -2.38. The number of benzene rings is 1. The first kappa shape index (κ1) is 15.7. The van der Waals surface area contributed by atoms with E-state index in [2.05, 4.69) is 59.4 Å². The normalized spacial score (nSPS) is 25.1. The second-order valence-corrected chi connectivity index (χ2v) is 7.23. The smallest absolute Gasteiger partial charge is 0.165 e. The first-order valence-electron chi connectivity index (χ1n) is 8.81. The molecule has 2 atom stereocenters. The molecule has 1 aliphatic heterocycles. The van der Waals surface area contributed by atoms with E-state index in [1.165, 1.54) is 29.5 Å². The number of nitrogens with zero attached hydrogens (tertiary/aromatic N) is 5. The molecule has 128 valence electrons. The van der Waals surface area contributed by atoms with Crippen LogP contribution >= 0.6 is 0 Å². The number of tetrazole rings is 1. The molecule has 1 aromatic carbocycles. The van der Waals surface area contributed by atoms with E-state index in [0.29, 0.717) is 12.1 Å². The van der Waals surface area contributed by atoms with E-state index >= 15 is 0 Å². The van der Waals surface area contributed by atoms with Gasteiger partial charge < -0.3 is 4.74 Å². The van der Waals surface area contributed by atoms with Crippen LogP contribution in [-0.2, 0) is 11.3 Å². The van der Waals surface area contributed by atoms with E-state index in [4.69, 9.17) is 4.74 Å². The van der Waals surface area contributed by atoms with Crippen LogP contribution in [0.1, 0.15) is 54.4 Å². The highest BCUT2D eigenvalue weighted by atomic mass is 16.5. The van der Waals surface area contributed by atoms with Gasteiger partial charge in [0.2, 0.25) is 0 Å². The number of hydrogen-bond acceptors (Lipinski definition) is 5. The van der Waals surface area contributed by atoms with Gasteiger partial charge in [-0.05, 0) is 55.2 Å². The van der Waals surface area contributed by atoms with Crippen LogP contribution in [0.3, 0.4) is 0 Å². The zero-order valence-electron chi connectivity index (χ0n) is 14.6. The summed E-state index contributed by atoms with van der Waals surface area (Å²) in [5.74, 6) is 0.978. The number of aromatic nitrogens is 4. The van der Waals surface area contributed by atoms with Crippen LogP contribution in [0.2, 0.25) is 0 Å². The highest BCUT2D eigenvalue weighted by molar-refractivity contribution is 5.32. The Bertz CT molecular complexity index is 724. The maximum Gasteiger partial charge on any atom is 0.165 e. The zero-order chi connectivity index (χ0) is 16.7. The summed E-state index contributed by atoms with van der Waals surface area (Å²) < 4.78 is 8.16. The highest BCUT2D eigenvalue weighted by Crippen LogP contribution is 2.35. The van der Waals surface area contributed by atoms with Crippen molar-refractivity contribution in [2.24, 2.45) is 0 Å². The largest absolute Gasteiger partial charge is 0.371 e. The molecule has 0 radical (unpaired) electrons. The van der Waals surface area contributed by atoms with Gasteiger partial charge in [-0.2, -0.15) is 0 Å². The third kappa shape index (κ3) is 3.08. The van der Waals surface area contributed by atoms with Crippen molar-refractivity contribution in [1.82, 2.24) is 25.1 Å². The quantitative estimate of drug-likeness (QED) is 0.864. The van der Waals surface area contributed by atoms with Gasteiger partial charge in [-0.25, -0.2) is 4.68 Å². The lowest BCUT2D eigenvalue weighted by atomic mass is 9.99. The Morgan fingerprint density at radius 2 is 2.08 bits per heavy atom. The van der Waals surface area contributed by atoms with Gasteiger partial charge in [0.05, 0.1) is 25.3 Å². The van der Waals surface area contributed by atoms with Crippen molar-refractivity contribution in [2.45, 2.75) is 58.3 Å². The summed E-state index contributed by atoms with van der Waals surface area (Å²) >= 11 is 0. The van der Waals surface area contributed by atoms with Crippen molar-refractivity contribution < 1.29 is 4.74 Å². The molecule has 1 saturated carbocycles. The van der Waals surface area contributed by atoms with Crippen molar-refractivity contribution in [1.29, 1.82) is 0 Å². The Morgan fingerprint density at radius 1 is 1.25 bits per heavy atom.